The van der Waals surface area contributed by atoms with Gasteiger partial charge >= 0.3 is 0 Å². The number of aryl methyl sites for hydroxylation is 1. The number of para-hydroxylation sites is 2. The van der Waals surface area contributed by atoms with Crippen molar-refractivity contribution in [3.63, 3.8) is 0 Å². The molecule has 1 aromatic heterocycles. The zero-order valence-electron chi connectivity index (χ0n) is 14.8. The summed E-state index contributed by atoms with van der Waals surface area (Å²) >= 11 is 0. The quantitative estimate of drug-likeness (QED) is 0.514. The molecular formula is C22H22N2O2. The lowest BCUT2D eigenvalue weighted by atomic mass is 10.1. The molecule has 0 saturated heterocycles. The second-order valence-corrected chi connectivity index (χ2v) is 6.50. The molecule has 1 atom stereocenters. The summed E-state index contributed by atoms with van der Waals surface area (Å²) in [6.45, 7) is 3.13. The Balaban J connectivity index is 1.44. The highest BCUT2D eigenvalue weighted by atomic mass is 16.5. The third-order valence-electron chi connectivity index (χ3n) is 4.57. The van der Waals surface area contributed by atoms with Gasteiger partial charge in [-0.2, -0.15) is 0 Å². The molecule has 1 heterocycles. The predicted molar refractivity (Wildman–Crippen MR) is 104 cm³/mol. The molecule has 4 aromatic rings. The van der Waals surface area contributed by atoms with Crippen molar-refractivity contribution in [2.24, 2.45) is 0 Å². The first kappa shape index (κ1) is 16.6. The van der Waals surface area contributed by atoms with E-state index >= 15 is 0 Å². The molecule has 0 saturated carbocycles. The van der Waals surface area contributed by atoms with E-state index in [9.17, 15) is 5.11 Å². The van der Waals surface area contributed by atoms with Gasteiger partial charge in [-0.3, -0.25) is 0 Å². The highest BCUT2D eigenvalue weighted by Crippen LogP contribution is 2.22. The van der Waals surface area contributed by atoms with E-state index in [0.717, 1.165) is 29.7 Å². The lowest BCUT2D eigenvalue weighted by molar-refractivity contribution is 0.183. The zero-order valence-corrected chi connectivity index (χ0v) is 14.8. The molecule has 0 aliphatic heterocycles. The molecule has 1 N–H and O–H groups in total. The van der Waals surface area contributed by atoms with Crippen molar-refractivity contribution in [2.75, 3.05) is 6.61 Å². The van der Waals surface area contributed by atoms with E-state index in [2.05, 4.69) is 33.8 Å². The van der Waals surface area contributed by atoms with E-state index in [-0.39, 0.29) is 0 Å². The fourth-order valence-corrected chi connectivity index (χ4v) is 3.32. The number of nitrogens with zero attached hydrogens (tertiary/aromatic N) is 2. The van der Waals surface area contributed by atoms with Crippen LogP contribution in [0.2, 0.25) is 0 Å². The maximum absolute atomic E-state index is 10.0. The maximum Gasteiger partial charge on any atom is 0.138 e. The topological polar surface area (TPSA) is 47.3 Å². The summed E-state index contributed by atoms with van der Waals surface area (Å²) in [5.41, 5.74) is 1.97. The molecule has 4 rings (SSSR count). The lowest BCUT2D eigenvalue weighted by Crippen LogP contribution is -2.09. The number of hydrogen-bond donors (Lipinski definition) is 1. The van der Waals surface area contributed by atoms with Crippen LogP contribution in [0.15, 0.2) is 66.7 Å². The molecule has 0 bridgehead atoms. The summed E-state index contributed by atoms with van der Waals surface area (Å²) in [5.74, 6) is 1.59. The number of fused-ring (bicyclic) bond motifs is 2. The number of hydrogen-bond acceptors (Lipinski definition) is 3. The minimum Gasteiger partial charge on any atom is -0.494 e. The van der Waals surface area contributed by atoms with E-state index in [1.807, 2.05) is 42.5 Å². The van der Waals surface area contributed by atoms with Crippen LogP contribution in [0, 0.1) is 0 Å². The summed E-state index contributed by atoms with van der Waals surface area (Å²) in [4.78, 5) is 4.56. The van der Waals surface area contributed by atoms with E-state index in [1.54, 1.807) is 6.92 Å². The van der Waals surface area contributed by atoms with Crippen LogP contribution in [0.1, 0.15) is 25.3 Å². The molecule has 0 aliphatic rings. The fourth-order valence-electron chi connectivity index (χ4n) is 3.32. The summed E-state index contributed by atoms with van der Waals surface area (Å²) in [5, 5.41) is 12.4. The second kappa shape index (κ2) is 7.18. The average molecular weight is 346 g/mol. The standard InChI is InChI=1S/C22H22N2O2/c1-16(25)22-23-20-9-4-5-10-21(20)24(22)13-6-14-26-19-12-11-17-7-2-3-8-18(17)15-19/h2-5,7-12,15-16,25H,6,13-14H2,1H3/t16-/m1/s1. The van der Waals surface area contributed by atoms with Gasteiger partial charge < -0.3 is 14.4 Å². The minimum atomic E-state index is -0.594. The summed E-state index contributed by atoms with van der Waals surface area (Å²) in [7, 11) is 0. The van der Waals surface area contributed by atoms with Crippen LogP contribution in [0.4, 0.5) is 0 Å². The van der Waals surface area contributed by atoms with Crippen molar-refractivity contribution in [2.45, 2.75) is 26.0 Å². The number of imidazole rings is 1. The second-order valence-electron chi connectivity index (χ2n) is 6.50. The normalized spacial score (nSPS) is 12.5. The van der Waals surface area contributed by atoms with Gasteiger partial charge in [-0.25, -0.2) is 4.98 Å². The molecule has 0 aliphatic carbocycles. The molecule has 132 valence electrons. The molecule has 0 radical (unpaired) electrons. The fraction of sp³-hybridized carbons (Fsp3) is 0.227. The van der Waals surface area contributed by atoms with Crippen LogP contribution in [-0.2, 0) is 6.54 Å². The Morgan fingerprint density at radius 1 is 1.00 bits per heavy atom. The third-order valence-corrected chi connectivity index (χ3v) is 4.57. The number of benzene rings is 3. The van der Waals surface area contributed by atoms with Gasteiger partial charge in [0.1, 0.15) is 17.7 Å². The van der Waals surface area contributed by atoms with Crippen molar-refractivity contribution >= 4 is 21.8 Å². The van der Waals surface area contributed by atoms with E-state index in [1.165, 1.54) is 10.8 Å². The Labute approximate surface area is 152 Å². The van der Waals surface area contributed by atoms with Crippen molar-refractivity contribution in [1.29, 1.82) is 0 Å². The largest absolute Gasteiger partial charge is 0.494 e. The van der Waals surface area contributed by atoms with Gasteiger partial charge in [-0.1, -0.05) is 42.5 Å². The molecule has 4 heteroatoms. The Morgan fingerprint density at radius 2 is 1.77 bits per heavy atom. The highest BCUT2D eigenvalue weighted by molar-refractivity contribution is 5.83. The molecule has 3 aromatic carbocycles. The third kappa shape index (κ3) is 3.28. The Morgan fingerprint density at radius 3 is 2.62 bits per heavy atom. The predicted octanol–water partition coefficient (Wildman–Crippen LogP) is 4.71. The van der Waals surface area contributed by atoms with Gasteiger partial charge in [0.15, 0.2) is 0 Å². The summed E-state index contributed by atoms with van der Waals surface area (Å²) < 4.78 is 8.02. The number of rotatable bonds is 6. The van der Waals surface area contributed by atoms with Gasteiger partial charge in [0.2, 0.25) is 0 Å². The van der Waals surface area contributed by atoms with Crippen LogP contribution in [0.25, 0.3) is 21.8 Å². The monoisotopic (exact) mass is 346 g/mol. The highest BCUT2D eigenvalue weighted by Gasteiger charge is 2.14. The minimum absolute atomic E-state index is 0.594. The smallest absolute Gasteiger partial charge is 0.138 e. The van der Waals surface area contributed by atoms with E-state index < -0.39 is 6.10 Å². The summed E-state index contributed by atoms with van der Waals surface area (Å²) in [6, 6.07) is 22.4. The zero-order chi connectivity index (χ0) is 17.9. The van der Waals surface area contributed by atoms with Crippen LogP contribution >= 0.6 is 0 Å². The molecule has 0 fully saturated rings. The van der Waals surface area contributed by atoms with E-state index in [0.29, 0.717) is 12.4 Å². The average Bonchev–Trinajstić information content (AvgIpc) is 3.04. The van der Waals surface area contributed by atoms with Crippen molar-refractivity contribution in [1.82, 2.24) is 9.55 Å². The van der Waals surface area contributed by atoms with Crippen LogP contribution in [0.3, 0.4) is 0 Å². The maximum atomic E-state index is 10.0. The number of aromatic nitrogens is 2. The molecule has 0 spiro atoms. The van der Waals surface area contributed by atoms with Gasteiger partial charge in [0, 0.05) is 6.54 Å². The summed E-state index contributed by atoms with van der Waals surface area (Å²) in [6.07, 6.45) is 0.246. The van der Waals surface area contributed by atoms with Crippen LogP contribution in [-0.4, -0.2) is 21.3 Å². The molecule has 26 heavy (non-hydrogen) atoms. The number of ether oxygens (including phenoxy) is 1. The van der Waals surface area contributed by atoms with Crippen LogP contribution in [0.5, 0.6) is 5.75 Å². The Bertz CT molecular complexity index is 1040. The number of aliphatic hydroxyl groups is 1. The molecular weight excluding hydrogens is 324 g/mol. The first-order chi connectivity index (χ1) is 12.7. The lowest BCUT2D eigenvalue weighted by Gasteiger charge is -2.12. The van der Waals surface area contributed by atoms with Gasteiger partial charge in [-0.05, 0) is 48.4 Å². The molecule has 0 unspecified atom stereocenters. The molecule has 4 nitrogen and oxygen atoms in total. The van der Waals surface area contributed by atoms with E-state index in [4.69, 9.17) is 4.74 Å². The van der Waals surface area contributed by atoms with Crippen LogP contribution < -0.4 is 4.74 Å². The van der Waals surface area contributed by atoms with Crippen molar-refractivity contribution in [3.05, 3.63) is 72.6 Å². The molecule has 0 amide bonds. The Kier molecular flexibility index (Phi) is 4.59. The first-order valence-electron chi connectivity index (χ1n) is 8.97. The van der Waals surface area contributed by atoms with Gasteiger partial charge in [0.05, 0.1) is 17.6 Å². The van der Waals surface area contributed by atoms with Gasteiger partial charge in [-0.15, -0.1) is 0 Å². The van der Waals surface area contributed by atoms with Crippen molar-refractivity contribution < 1.29 is 9.84 Å². The van der Waals surface area contributed by atoms with Gasteiger partial charge in [0.25, 0.3) is 0 Å². The SMILES string of the molecule is C[C@@H](O)c1nc2ccccc2n1CCCOc1ccc2ccccc2c1. The first-order valence-corrected chi connectivity index (χ1v) is 8.97. The Hall–Kier alpha value is -2.85. The number of aliphatic hydroxyl groups excluding tert-OH is 1. The van der Waals surface area contributed by atoms with Crippen molar-refractivity contribution in [3.8, 4) is 5.75 Å².